The number of nitrogens with zero attached hydrogens (tertiary/aromatic N) is 3. The molecule has 2 heterocycles. The fourth-order valence-electron chi connectivity index (χ4n) is 4.06. The minimum absolute atomic E-state index is 0. The number of anilines is 1. The largest absolute Gasteiger partial charge is 0.490 e. The Morgan fingerprint density at radius 1 is 1.16 bits per heavy atom. The maximum Gasteiger partial charge on any atom is 0.228 e. The van der Waals surface area contributed by atoms with Crippen molar-refractivity contribution in [2.75, 3.05) is 18.4 Å². The summed E-state index contributed by atoms with van der Waals surface area (Å²) in [6.45, 7) is 1.94. The van der Waals surface area contributed by atoms with Crippen molar-refractivity contribution in [2.45, 2.75) is 44.1 Å². The number of carbonyl (C=O) groups excluding carboxylic acids is 1. The average molecular weight is 462 g/mol. The molecule has 1 saturated carbocycles. The Bertz CT molecular complexity index is 934. The molecule has 2 N–H and O–H groups in total. The van der Waals surface area contributed by atoms with Gasteiger partial charge in [-0.05, 0) is 62.9 Å². The van der Waals surface area contributed by atoms with E-state index < -0.39 is 0 Å². The number of hydrogen-bond acceptors (Lipinski definition) is 6. The van der Waals surface area contributed by atoms with Crippen molar-refractivity contribution in [1.82, 2.24) is 15.5 Å². The van der Waals surface area contributed by atoms with Gasteiger partial charge in [0.2, 0.25) is 5.91 Å². The molecule has 0 bridgehead atoms. The zero-order chi connectivity index (χ0) is 20.9. The molecule has 1 aromatic carbocycles. The Balaban J connectivity index is 0.00000272. The molecule has 1 aromatic heterocycles. The first-order valence-corrected chi connectivity index (χ1v) is 10.7. The van der Waals surface area contributed by atoms with Crippen molar-refractivity contribution < 1.29 is 9.53 Å². The molecular formula is C22H25Cl2N5O2. The fraction of sp³-hybridized carbons (Fsp3) is 0.455. The van der Waals surface area contributed by atoms with Gasteiger partial charge in [-0.1, -0.05) is 11.6 Å². The summed E-state index contributed by atoms with van der Waals surface area (Å²) in [4.78, 5) is 12.6. The maximum absolute atomic E-state index is 12.6. The number of halogens is 2. The highest BCUT2D eigenvalue weighted by atomic mass is 35.5. The highest BCUT2D eigenvalue weighted by molar-refractivity contribution is 6.31. The summed E-state index contributed by atoms with van der Waals surface area (Å²) in [5.41, 5.74) is 1.40. The van der Waals surface area contributed by atoms with E-state index in [1.165, 1.54) is 0 Å². The topological polar surface area (TPSA) is 99.9 Å². The predicted molar refractivity (Wildman–Crippen MR) is 121 cm³/mol. The van der Waals surface area contributed by atoms with Crippen molar-refractivity contribution in [3.63, 3.8) is 0 Å². The van der Waals surface area contributed by atoms with Gasteiger partial charge < -0.3 is 15.4 Å². The van der Waals surface area contributed by atoms with Gasteiger partial charge >= 0.3 is 0 Å². The normalized spacial score (nSPS) is 22.8. The predicted octanol–water partition coefficient (Wildman–Crippen LogP) is 4.08. The third-order valence-electron chi connectivity index (χ3n) is 5.82. The van der Waals surface area contributed by atoms with Gasteiger partial charge in [0, 0.05) is 24.4 Å². The molecule has 164 valence electrons. The molecule has 1 aliphatic carbocycles. The lowest BCUT2D eigenvalue weighted by atomic mass is 9.86. The van der Waals surface area contributed by atoms with Crippen LogP contribution < -0.4 is 15.4 Å². The Hall–Kier alpha value is -2.40. The Morgan fingerprint density at radius 3 is 2.58 bits per heavy atom. The van der Waals surface area contributed by atoms with Gasteiger partial charge in [0.05, 0.1) is 22.4 Å². The van der Waals surface area contributed by atoms with Gasteiger partial charge in [0.1, 0.15) is 11.8 Å². The molecule has 31 heavy (non-hydrogen) atoms. The molecule has 0 spiro atoms. The van der Waals surface area contributed by atoms with Gasteiger partial charge in [-0.2, -0.15) is 10.4 Å². The molecule has 2 aromatic rings. The van der Waals surface area contributed by atoms with E-state index in [-0.39, 0.29) is 30.3 Å². The van der Waals surface area contributed by atoms with E-state index in [4.69, 9.17) is 21.6 Å². The molecule has 7 nitrogen and oxygen atoms in total. The average Bonchev–Trinajstić information content (AvgIpc) is 3.30. The van der Waals surface area contributed by atoms with E-state index in [1.807, 2.05) is 18.2 Å². The SMILES string of the molecule is Cl.N#Cc1ccc(OC2CCC(C(=O)Nc3ccc(C4CCNC4)nn3)CC2)cc1Cl. The fourth-order valence-corrected chi connectivity index (χ4v) is 4.27. The second-order valence-electron chi connectivity index (χ2n) is 7.87. The Kier molecular flexibility index (Phi) is 8.08. The molecule has 1 unspecified atom stereocenters. The van der Waals surface area contributed by atoms with E-state index in [0.29, 0.717) is 28.1 Å². The minimum Gasteiger partial charge on any atom is -0.490 e. The van der Waals surface area contributed by atoms with Crippen LogP contribution in [0.4, 0.5) is 5.82 Å². The first-order chi connectivity index (χ1) is 14.6. The first-order valence-electron chi connectivity index (χ1n) is 10.3. The van der Waals surface area contributed by atoms with Crippen LogP contribution in [0.1, 0.15) is 49.3 Å². The van der Waals surface area contributed by atoms with Gasteiger partial charge in [0.25, 0.3) is 0 Å². The summed E-state index contributed by atoms with van der Waals surface area (Å²) in [6.07, 6.45) is 4.18. The van der Waals surface area contributed by atoms with Crippen molar-refractivity contribution in [3.05, 3.63) is 46.6 Å². The van der Waals surface area contributed by atoms with Crippen molar-refractivity contribution >= 4 is 35.7 Å². The summed E-state index contributed by atoms with van der Waals surface area (Å²) >= 11 is 6.07. The highest BCUT2D eigenvalue weighted by Crippen LogP contribution is 2.30. The second kappa shape index (κ2) is 10.8. The Labute approximate surface area is 192 Å². The molecule has 0 radical (unpaired) electrons. The Morgan fingerprint density at radius 2 is 1.97 bits per heavy atom. The number of carbonyl (C=O) groups is 1. The van der Waals surface area contributed by atoms with Crippen LogP contribution in [0.5, 0.6) is 5.75 Å². The molecule has 4 rings (SSSR count). The van der Waals surface area contributed by atoms with Crippen LogP contribution in [0.15, 0.2) is 30.3 Å². The van der Waals surface area contributed by atoms with Crippen LogP contribution in [-0.4, -0.2) is 35.3 Å². The van der Waals surface area contributed by atoms with E-state index in [9.17, 15) is 4.79 Å². The molecule has 1 amide bonds. The van der Waals surface area contributed by atoms with Crippen LogP contribution in [0, 0.1) is 17.2 Å². The zero-order valence-corrected chi connectivity index (χ0v) is 18.6. The van der Waals surface area contributed by atoms with Crippen LogP contribution in [-0.2, 0) is 4.79 Å². The van der Waals surface area contributed by atoms with E-state index in [2.05, 4.69) is 20.8 Å². The molecule has 2 aliphatic rings. The van der Waals surface area contributed by atoms with Gasteiger partial charge in [-0.15, -0.1) is 17.5 Å². The van der Waals surface area contributed by atoms with E-state index in [0.717, 1.165) is 50.9 Å². The van der Waals surface area contributed by atoms with Gasteiger partial charge in [0.15, 0.2) is 5.82 Å². The number of amides is 1. The van der Waals surface area contributed by atoms with Gasteiger partial charge in [-0.25, -0.2) is 0 Å². The summed E-state index contributed by atoms with van der Waals surface area (Å²) in [7, 11) is 0. The lowest BCUT2D eigenvalue weighted by molar-refractivity contribution is -0.121. The summed E-state index contributed by atoms with van der Waals surface area (Å²) in [5, 5.41) is 24.0. The molecule has 1 aliphatic heterocycles. The van der Waals surface area contributed by atoms with Crippen molar-refractivity contribution in [1.29, 1.82) is 5.26 Å². The number of nitrogens with one attached hydrogen (secondary N) is 2. The van der Waals surface area contributed by atoms with Crippen molar-refractivity contribution in [2.24, 2.45) is 5.92 Å². The van der Waals surface area contributed by atoms with E-state index >= 15 is 0 Å². The quantitative estimate of drug-likeness (QED) is 0.695. The third-order valence-corrected chi connectivity index (χ3v) is 6.14. The summed E-state index contributed by atoms with van der Waals surface area (Å²) in [6, 6.07) is 10.9. The minimum atomic E-state index is -0.0603. The first kappa shape index (κ1) is 23.3. The lowest BCUT2D eigenvalue weighted by Crippen LogP contribution is -2.31. The number of rotatable bonds is 5. The maximum atomic E-state index is 12.6. The van der Waals surface area contributed by atoms with E-state index in [1.54, 1.807) is 18.2 Å². The molecule has 2 fully saturated rings. The van der Waals surface area contributed by atoms with Crippen LogP contribution in [0.25, 0.3) is 0 Å². The molecular weight excluding hydrogens is 437 g/mol. The van der Waals surface area contributed by atoms with Crippen molar-refractivity contribution in [3.8, 4) is 11.8 Å². The summed E-state index contributed by atoms with van der Waals surface area (Å²) in [5.74, 6) is 1.48. The van der Waals surface area contributed by atoms with Gasteiger partial charge in [-0.3, -0.25) is 4.79 Å². The summed E-state index contributed by atoms with van der Waals surface area (Å²) < 4.78 is 5.99. The number of hydrogen-bond donors (Lipinski definition) is 2. The highest BCUT2D eigenvalue weighted by Gasteiger charge is 2.28. The number of benzene rings is 1. The standard InChI is InChI=1S/C22H24ClN5O2.ClH/c23-19-11-18(6-3-15(19)12-24)30-17-4-1-14(2-5-17)22(29)26-21-8-7-20(27-28-21)16-9-10-25-13-16;/h3,6-8,11,14,16-17,25H,1-2,4-5,9-10,13H2,(H,26,28,29);1H. The smallest absolute Gasteiger partial charge is 0.228 e. The third kappa shape index (κ3) is 5.85. The van der Waals surface area contributed by atoms with Crippen LogP contribution in [0.2, 0.25) is 5.02 Å². The second-order valence-corrected chi connectivity index (χ2v) is 8.27. The van der Waals surface area contributed by atoms with Crippen LogP contribution in [0.3, 0.4) is 0 Å². The molecule has 1 atom stereocenters. The zero-order valence-electron chi connectivity index (χ0n) is 17.0. The number of ether oxygens (including phenoxy) is 1. The number of nitriles is 1. The molecule has 9 heteroatoms. The van der Waals surface area contributed by atoms with Crippen LogP contribution >= 0.6 is 24.0 Å². The lowest BCUT2D eigenvalue weighted by Gasteiger charge is -2.28. The monoisotopic (exact) mass is 461 g/mol. The number of aromatic nitrogens is 2. The molecule has 1 saturated heterocycles.